The zero-order chi connectivity index (χ0) is 18.9. The van der Waals surface area contributed by atoms with E-state index in [0.717, 1.165) is 30.1 Å². The lowest BCUT2D eigenvalue weighted by molar-refractivity contribution is -0.0546. The summed E-state index contributed by atoms with van der Waals surface area (Å²) in [5, 5.41) is 0. The second-order valence-corrected chi connectivity index (χ2v) is 10.5. The Morgan fingerprint density at radius 1 is 1.19 bits per heavy atom. The van der Waals surface area contributed by atoms with Gasteiger partial charge in [0.1, 0.15) is 0 Å². The molecule has 4 aliphatic rings. The van der Waals surface area contributed by atoms with Crippen molar-refractivity contribution in [2.75, 3.05) is 0 Å². The quantitative estimate of drug-likeness (QED) is 0.452. The van der Waals surface area contributed by atoms with Crippen LogP contribution in [-0.2, 0) is 0 Å². The molecule has 0 saturated heterocycles. The molecular weight excluding hydrogens is 312 g/mol. The molecule has 0 N–H and O–H groups in total. The zero-order valence-electron chi connectivity index (χ0n) is 17.7. The highest BCUT2D eigenvalue weighted by molar-refractivity contribution is 5.43. The third-order valence-electron chi connectivity index (χ3n) is 9.98. The van der Waals surface area contributed by atoms with Crippen LogP contribution in [0.4, 0.5) is 0 Å². The molecule has 4 aliphatic carbocycles. The lowest BCUT2D eigenvalue weighted by atomic mass is 9.45. The van der Waals surface area contributed by atoms with E-state index in [1.54, 1.807) is 5.57 Å². The van der Waals surface area contributed by atoms with Gasteiger partial charge >= 0.3 is 0 Å². The average Bonchev–Trinajstić information content (AvgIpc) is 2.83. The van der Waals surface area contributed by atoms with E-state index in [1.807, 2.05) is 0 Å². The summed E-state index contributed by atoms with van der Waals surface area (Å²) in [6.45, 7) is 21.3. The Balaban J connectivity index is 1.72. The predicted molar refractivity (Wildman–Crippen MR) is 113 cm³/mol. The molecule has 0 radical (unpaired) electrons. The maximum absolute atomic E-state index is 4.58. The fraction of sp³-hybridized carbons (Fsp3) is 0.692. The highest BCUT2D eigenvalue weighted by Crippen LogP contribution is 2.72. The summed E-state index contributed by atoms with van der Waals surface area (Å²) in [5.74, 6) is 3.31. The summed E-state index contributed by atoms with van der Waals surface area (Å²) < 4.78 is 0. The van der Waals surface area contributed by atoms with Gasteiger partial charge in [0.25, 0.3) is 0 Å². The fourth-order valence-electron chi connectivity index (χ4n) is 7.97. The van der Waals surface area contributed by atoms with Gasteiger partial charge in [-0.1, -0.05) is 77.2 Å². The zero-order valence-corrected chi connectivity index (χ0v) is 17.7. The van der Waals surface area contributed by atoms with Gasteiger partial charge in [-0.3, -0.25) is 0 Å². The van der Waals surface area contributed by atoms with E-state index in [1.165, 1.54) is 43.3 Å². The SMILES string of the molecule is C=C1C=CC2(C)C(=C1)CCC1C2CCC2(C)C1CC(C)C2(C)C(=C)CC. The smallest absolute Gasteiger partial charge is 0.0100 e. The van der Waals surface area contributed by atoms with Crippen LogP contribution in [0.2, 0.25) is 0 Å². The van der Waals surface area contributed by atoms with Crippen LogP contribution in [0.5, 0.6) is 0 Å². The molecule has 142 valence electrons. The lowest BCUT2D eigenvalue weighted by Gasteiger charge is -2.59. The van der Waals surface area contributed by atoms with Crippen molar-refractivity contribution in [3.8, 4) is 0 Å². The van der Waals surface area contributed by atoms with Crippen LogP contribution < -0.4 is 0 Å². The van der Waals surface area contributed by atoms with Crippen molar-refractivity contribution in [3.63, 3.8) is 0 Å². The van der Waals surface area contributed by atoms with E-state index in [-0.39, 0.29) is 5.41 Å². The molecule has 7 unspecified atom stereocenters. The van der Waals surface area contributed by atoms with E-state index in [9.17, 15) is 0 Å². The van der Waals surface area contributed by atoms with Crippen LogP contribution >= 0.6 is 0 Å². The number of hydrogen-bond donors (Lipinski definition) is 0. The second kappa shape index (κ2) is 5.73. The number of fused-ring (bicyclic) bond motifs is 5. The minimum absolute atomic E-state index is 0.273. The van der Waals surface area contributed by atoms with E-state index in [0.29, 0.717) is 10.8 Å². The molecule has 4 rings (SSSR count). The second-order valence-electron chi connectivity index (χ2n) is 10.5. The van der Waals surface area contributed by atoms with Crippen LogP contribution in [-0.4, -0.2) is 0 Å². The maximum Gasteiger partial charge on any atom is 0.0100 e. The summed E-state index contributed by atoms with van der Waals surface area (Å²) in [6, 6.07) is 0. The van der Waals surface area contributed by atoms with Crippen molar-refractivity contribution in [3.05, 3.63) is 48.1 Å². The van der Waals surface area contributed by atoms with Gasteiger partial charge in [-0.25, -0.2) is 0 Å². The third kappa shape index (κ3) is 2.08. The summed E-state index contributed by atoms with van der Waals surface area (Å²) in [5.41, 5.74) is 5.37. The van der Waals surface area contributed by atoms with Gasteiger partial charge in [-0.15, -0.1) is 0 Å². The van der Waals surface area contributed by atoms with E-state index < -0.39 is 0 Å². The first-order valence-corrected chi connectivity index (χ1v) is 11.0. The number of rotatable bonds is 2. The molecule has 0 aromatic rings. The Bertz CT molecular complexity index is 706. The molecule has 0 aromatic heterocycles. The van der Waals surface area contributed by atoms with Gasteiger partial charge in [0, 0.05) is 5.41 Å². The molecule has 3 saturated carbocycles. The van der Waals surface area contributed by atoms with Crippen molar-refractivity contribution in [2.45, 2.75) is 73.1 Å². The van der Waals surface area contributed by atoms with Crippen LogP contribution in [0.15, 0.2) is 48.1 Å². The van der Waals surface area contributed by atoms with Crippen molar-refractivity contribution in [1.82, 2.24) is 0 Å². The van der Waals surface area contributed by atoms with E-state index in [4.69, 9.17) is 0 Å². The Kier molecular flexibility index (Phi) is 4.04. The molecule has 0 spiro atoms. The molecule has 0 heterocycles. The van der Waals surface area contributed by atoms with E-state index >= 15 is 0 Å². The predicted octanol–water partition coefficient (Wildman–Crippen LogP) is 7.50. The van der Waals surface area contributed by atoms with Crippen LogP contribution in [0, 0.1) is 39.9 Å². The van der Waals surface area contributed by atoms with Gasteiger partial charge < -0.3 is 0 Å². The van der Waals surface area contributed by atoms with Crippen molar-refractivity contribution >= 4 is 0 Å². The van der Waals surface area contributed by atoms with Gasteiger partial charge in [0.2, 0.25) is 0 Å². The summed E-state index contributed by atoms with van der Waals surface area (Å²) in [6.07, 6.45) is 15.1. The molecule has 0 heteroatoms. The maximum atomic E-state index is 4.58. The topological polar surface area (TPSA) is 0 Å². The molecule has 0 aromatic carbocycles. The minimum Gasteiger partial charge on any atom is -0.0993 e. The Morgan fingerprint density at radius 3 is 2.62 bits per heavy atom. The fourth-order valence-corrected chi connectivity index (χ4v) is 7.97. The molecule has 0 bridgehead atoms. The normalized spacial score (nSPS) is 49.9. The van der Waals surface area contributed by atoms with Crippen LogP contribution in [0.1, 0.15) is 73.1 Å². The Labute approximate surface area is 161 Å². The molecule has 7 atom stereocenters. The first-order chi connectivity index (χ1) is 12.2. The van der Waals surface area contributed by atoms with Gasteiger partial charge in [0.15, 0.2) is 0 Å². The van der Waals surface area contributed by atoms with E-state index in [2.05, 4.69) is 66.0 Å². The minimum atomic E-state index is 0.273. The lowest BCUT2D eigenvalue weighted by Crippen LogP contribution is -2.52. The highest BCUT2D eigenvalue weighted by Gasteiger charge is 2.64. The number of hydrogen-bond acceptors (Lipinski definition) is 0. The van der Waals surface area contributed by atoms with Gasteiger partial charge in [-0.2, -0.15) is 0 Å². The average molecular weight is 351 g/mol. The molecule has 0 amide bonds. The summed E-state index contributed by atoms with van der Waals surface area (Å²) in [4.78, 5) is 0. The molecule has 3 fully saturated rings. The van der Waals surface area contributed by atoms with Crippen molar-refractivity contribution in [2.24, 2.45) is 39.9 Å². The summed E-state index contributed by atoms with van der Waals surface area (Å²) >= 11 is 0. The van der Waals surface area contributed by atoms with Crippen molar-refractivity contribution in [1.29, 1.82) is 0 Å². The highest BCUT2D eigenvalue weighted by atomic mass is 14.7. The Hall–Kier alpha value is -1.04. The van der Waals surface area contributed by atoms with Crippen molar-refractivity contribution < 1.29 is 0 Å². The monoisotopic (exact) mass is 350 g/mol. The molecule has 26 heavy (non-hydrogen) atoms. The molecule has 0 aliphatic heterocycles. The molecule has 0 nitrogen and oxygen atoms in total. The number of allylic oxidation sites excluding steroid dienone is 6. The van der Waals surface area contributed by atoms with Gasteiger partial charge in [-0.05, 0) is 78.6 Å². The molecular formula is C26H38. The largest absolute Gasteiger partial charge is 0.0993 e. The first-order valence-electron chi connectivity index (χ1n) is 11.0. The van der Waals surface area contributed by atoms with Crippen LogP contribution in [0.3, 0.4) is 0 Å². The summed E-state index contributed by atoms with van der Waals surface area (Å²) in [7, 11) is 0. The third-order valence-corrected chi connectivity index (χ3v) is 9.98. The van der Waals surface area contributed by atoms with Gasteiger partial charge in [0.05, 0.1) is 0 Å². The first kappa shape index (κ1) is 18.3. The Morgan fingerprint density at radius 2 is 1.92 bits per heavy atom. The standard InChI is InChI=1S/C26H38/c1-8-18(3)26(7)19(4)16-23-21-10-9-20-15-17(2)11-13-24(20,5)22(21)12-14-25(23,26)6/h11,13,15,19,21-23H,2-3,8-10,12,14,16H2,1,4-7H3. The van der Waals surface area contributed by atoms with Crippen LogP contribution in [0.25, 0.3) is 0 Å².